The van der Waals surface area contributed by atoms with Gasteiger partial charge in [-0.05, 0) is 81.2 Å². The second kappa shape index (κ2) is 8.89. The highest BCUT2D eigenvalue weighted by atomic mass is 32.2. The number of amides is 1. The van der Waals surface area contributed by atoms with Gasteiger partial charge < -0.3 is 5.32 Å². The molecule has 0 atom stereocenters. The summed E-state index contributed by atoms with van der Waals surface area (Å²) in [4.78, 5) is 13.3. The maximum Gasteiger partial charge on any atom is 0.262 e. The Morgan fingerprint density at radius 2 is 1.56 bits per heavy atom. The molecule has 0 aliphatic heterocycles. The minimum absolute atomic E-state index is 0.113. The van der Waals surface area contributed by atoms with E-state index in [-0.39, 0.29) is 5.91 Å². The van der Waals surface area contributed by atoms with Crippen LogP contribution in [-0.2, 0) is 20.2 Å². The number of nitrogens with one attached hydrogen (secondary N) is 2. The average molecular weight is 455 g/mol. The minimum Gasteiger partial charge on any atom is -0.355 e. The van der Waals surface area contributed by atoms with E-state index in [0.717, 1.165) is 41.6 Å². The van der Waals surface area contributed by atoms with Gasteiger partial charge in [0.1, 0.15) is 0 Å². The molecule has 0 heterocycles. The maximum atomic E-state index is 13.0. The lowest BCUT2D eigenvalue weighted by Gasteiger charge is -2.23. The van der Waals surface area contributed by atoms with Gasteiger partial charge in [-0.3, -0.25) is 9.52 Å². The smallest absolute Gasteiger partial charge is 0.262 e. The van der Waals surface area contributed by atoms with E-state index in [0.29, 0.717) is 16.5 Å². The lowest BCUT2D eigenvalue weighted by atomic mass is 9.88. The van der Waals surface area contributed by atoms with Gasteiger partial charge in [-0.15, -0.1) is 0 Å². The van der Waals surface area contributed by atoms with E-state index in [1.807, 2.05) is 45.0 Å². The van der Waals surface area contributed by atoms with E-state index < -0.39 is 15.4 Å². The third-order valence-electron chi connectivity index (χ3n) is 7.02. The molecule has 2 aromatic rings. The van der Waals surface area contributed by atoms with Crippen molar-refractivity contribution in [3.63, 3.8) is 0 Å². The van der Waals surface area contributed by atoms with E-state index in [1.165, 1.54) is 32.1 Å². The van der Waals surface area contributed by atoms with Crippen LogP contribution < -0.4 is 10.0 Å². The zero-order valence-electron chi connectivity index (χ0n) is 19.3. The van der Waals surface area contributed by atoms with Crippen molar-refractivity contribution in [3.8, 4) is 0 Å². The average Bonchev–Trinajstić information content (AvgIpc) is 3.54. The van der Waals surface area contributed by atoms with Crippen LogP contribution in [0.5, 0.6) is 0 Å². The molecule has 2 aliphatic carbocycles. The first kappa shape index (κ1) is 22.8. The number of hydrogen-bond acceptors (Lipinski definition) is 3. The molecular weight excluding hydrogens is 420 g/mol. The quantitative estimate of drug-likeness (QED) is 0.608. The van der Waals surface area contributed by atoms with Crippen molar-refractivity contribution in [2.45, 2.75) is 76.0 Å². The third-order valence-corrected chi connectivity index (χ3v) is 8.71. The Hall–Kier alpha value is -2.34. The SMILES string of the molecule is Cc1cc(C)c(S(=O)(=O)Nc2ccc(C3(C(=O)NCC4CCCCC4)CC3)cc2)c(C)c1. The molecule has 0 aromatic heterocycles. The number of aryl methyl sites for hydroxylation is 3. The second-order valence-corrected chi connectivity index (χ2v) is 11.3. The zero-order valence-corrected chi connectivity index (χ0v) is 20.1. The largest absolute Gasteiger partial charge is 0.355 e. The third kappa shape index (κ3) is 4.70. The molecule has 32 heavy (non-hydrogen) atoms. The highest BCUT2D eigenvalue weighted by Crippen LogP contribution is 2.48. The Kier molecular flexibility index (Phi) is 6.35. The molecule has 2 aromatic carbocycles. The van der Waals surface area contributed by atoms with E-state index in [2.05, 4.69) is 10.0 Å². The summed E-state index contributed by atoms with van der Waals surface area (Å²) in [6.45, 7) is 6.37. The normalized spacial score (nSPS) is 18.2. The van der Waals surface area contributed by atoms with E-state index in [4.69, 9.17) is 0 Å². The monoisotopic (exact) mass is 454 g/mol. The van der Waals surface area contributed by atoms with Gasteiger partial charge in [0.25, 0.3) is 10.0 Å². The Morgan fingerprint density at radius 1 is 0.969 bits per heavy atom. The number of anilines is 1. The molecule has 6 heteroatoms. The first-order chi connectivity index (χ1) is 15.2. The van der Waals surface area contributed by atoms with Gasteiger partial charge in [0.15, 0.2) is 0 Å². The van der Waals surface area contributed by atoms with Gasteiger partial charge in [-0.2, -0.15) is 0 Å². The highest BCUT2D eigenvalue weighted by Gasteiger charge is 2.51. The number of hydrogen-bond donors (Lipinski definition) is 2. The number of carbonyl (C=O) groups excluding carboxylic acids is 1. The number of carbonyl (C=O) groups is 1. The molecule has 172 valence electrons. The highest BCUT2D eigenvalue weighted by molar-refractivity contribution is 7.92. The van der Waals surface area contributed by atoms with Crippen LogP contribution in [-0.4, -0.2) is 20.9 Å². The molecule has 0 bridgehead atoms. The van der Waals surface area contributed by atoms with Crippen molar-refractivity contribution in [2.75, 3.05) is 11.3 Å². The van der Waals surface area contributed by atoms with Gasteiger partial charge in [0.05, 0.1) is 10.3 Å². The summed E-state index contributed by atoms with van der Waals surface area (Å²) in [5.74, 6) is 0.719. The molecule has 4 rings (SSSR count). The van der Waals surface area contributed by atoms with Crippen LogP contribution in [0.15, 0.2) is 41.3 Å². The fraction of sp³-hybridized carbons (Fsp3) is 0.500. The standard InChI is InChI=1S/C26H34N2O3S/c1-18-15-19(2)24(20(3)16-18)32(30,31)28-23-11-9-22(10-12-23)26(13-14-26)25(29)27-17-21-7-5-4-6-8-21/h9-12,15-16,21,28H,4-8,13-14,17H2,1-3H3,(H,27,29). The summed E-state index contributed by atoms with van der Waals surface area (Å²) in [7, 11) is -3.69. The van der Waals surface area contributed by atoms with Crippen molar-refractivity contribution >= 4 is 21.6 Å². The Balaban J connectivity index is 1.44. The van der Waals surface area contributed by atoms with Gasteiger partial charge in [-0.25, -0.2) is 8.42 Å². The summed E-state index contributed by atoms with van der Waals surface area (Å²) in [5, 5.41) is 3.19. The number of sulfonamides is 1. The van der Waals surface area contributed by atoms with E-state index in [1.54, 1.807) is 12.1 Å². The molecule has 2 aliphatic rings. The van der Waals surface area contributed by atoms with Crippen LogP contribution in [0.2, 0.25) is 0 Å². The molecule has 2 N–H and O–H groups in total. The fourth-order valence-electron chi connectivity index (χ4n) is 5.22. The van der Waals surface area contributed by atoms with Crippen molar-refractivity contribution in [1.29, 1.82) is 0 Å². The lowest BCUT2D eigenvalue weighted by Crippen LogP contribution is -2.38. The van der Waals surface area contributed by atoms with Crippen molar-refractivity contribution in [2.24, 2.45) is 5.92 Å². The fourth-order valence-corrected chi connectivity index (χ4v) is 6.74. The predicted molar refractivity (Wildman–Crippen MR) is 128 cm³/mol. The summed E-state index contributed by atoms with van der Waals surface area (Å²) < 4.78 is 28.7. The summed E-state index contributed by atoms with van der Waals surface area (Å²) in [5.41, 5.74) is 3.53. The van der Waals surface area contributed by atoms with Crippen LogP contribution in [0.25, 0.3) is 0 Å². The number of rotatable bonds is 7. The van der Waals surface area contributed by atoms with E-state index in [9.17, 15) is 13.2 Å². The summed E-state index contributed by atoms with van der Waals surface area (Å²) in [6.07, 6.45) is 7.96. The van der Waals surface area contributed by atoms with Crippen LogP contribution in [0.1, 0.15) is 67.2 Å². The van der Waals surface area contributed by atoms with Gasteiger partial charge in [0.2, 0.25) is 5.91 Å². The van der Waals surface area contributed by atoms with Gasteiger partial charge in [0, 0.05) is 12.2 Å². The predicted octanol–water partition coefficient (Wildman–Crippen LogP) is 5.14. The van der Waals surface area contributed by atoms with Crippen molar-refractivity contribution in [1.82, 2.24) is 5.32 Å². The zero-order chi connectivity index (χ0) is 22.9. The molecule has 1 amide bonds. The van der Waals surface area contributed by atoms with Crippen LogP contribution in [0.3, 0.4) is 0 Å². The van der Waals surface area contributed by atoms with Crippen LogP contribution in [0.4, 0.5) is 5.69 Å². The van der Waals surface area contributed by atoms with Gasteiger partial charge in [-0.1, -0.05) is 49.1 Å². The molecule has 0 unspecified atom stereocenters. The summed E-state index contributed by atoms with van der Waals surface area (Å²) in [6, 6.07) is 11.1. The first-order valence-electron chi connectivity index (χ1n) is 11.7. The minimum atomic E-state index is -3.69. The number of benzene rings is 2. The maximum absolute atomic E-state index is 13.0. The molecule has 5 nitrogen and oxygen atoms in total. The molecular formula is C26H34N2O3S. The van der Waals surface area contributed by atoms with Crippen molar-refractivity contribution in [3.05, 3.63) is 58.7 Å². The van der Waals surface area contributed by atoms with Crippen LogP contribution >= 0.6 is 0 Å². The molecule has 0 radical (unpaired) electrons. The first-order valence-corrected chi connectivity index (χ1v) is 13.2. The van der Waals surface area contributed by atoms with Gasteiger partial charge >= 0.3 is 0 Å². The molecule has 0 saturated heterocycles. The summed E-state index contributed by atoms with van der Waals surface area (Å²) >= 11 is 0. The molecule has 2 saturated carbocycles. The topological polar surface area (TPSA) is 75.3 Å². The molecule has 0 spiro atoms. The Morgan fingerprint density at radius 3 is 2.12 bits per heavy atom. The Labute approximate surface area is 192 Å². The second-order valence-electron chi connectivity index (χ2n) is 9.71. The van der Waals surface area contributed by atoms with E-state index >= 15 is 0 Å². The van der Waals surface area contributed by atoms with Crippen LogP contribution in [0, 0.1) is 26.7 Å². The van der Waals surface area contributed by atoms with Crippen molar-refractivity contribution < 1.29 is 13.2 Å². The lowest BCUT2D eigenvalue weighted by molar-refractivity contribution is -0.123. The molecule has 2 fully saturated rings. The Bertz CT molecular complexity index is 1070.